The highest BCUT2D eigenvalue weighted by atomic mass is 16.4. The lowest BCUT2D eigenvalue weighted by molar-refractivity contribution is -0.147. The van der Waals surface area contributed by atoms with Gasteiger partial charge in [0.05, 0.1) is 0 Å². The third-order valence-corrected chi connectivity index (χ3v) is 4.81. The standard InChI is InChI=1S/C16H30N2O2/c1-4-10-18(12(2)3)14-6-5-9-16(11-14,15(19)20)17-13-7-8-13/h12-14,17H,4-11H2,1-3H3,(H,19,20). The molecule has 0 saturated heterocycles. The van der Waals surface area contributed by atoms with E-state index >= 15 is 0 Å². The molecule has 0 spiro atoms. The van der Waals surface area contributed by atoms with Crippen LogP contribution in [0.4, 0.5) is 0 Å². The molecule has 20 heavy (non-hydrogen) atoms. The summed E-state index contributed by atoms with van der Waals surface area (Å²) in [6, 6.07) is 1.35. The van der Waals surface area contributed by atoms with Gasteiger partial charge in [-0.25, -0.2) is 0 Å². The van der Waals surface area contributed by atoms with Crippen LogP contribution < -0.4 is 5.32 Å². The molecular formula is C16H30N2O2. The van der Waals surface area contributed by atoms with E-state index in [2.05, 4.69) is 31.0 Å². The quantitative estimate of drug-likeness (QED) is 0.753. The van der Waals surface area contributed by atoms with Crippen LogP contribution in [0.25, 0.3) is 0 Å². The van der Waals surface area contributed by atoms with Crippen LogP contribution in [0.5, 0.6) is 0 Å². The Morgan fingerprint density at radius 1 is 1.40 bits per heavy atom. The maximum absolute atomic E-state index is 11.9. The minimum absolute atomic E-state index is 0.408. The monoisotopic (exact) mass is 282 g/mol. The molecule has 0 aromatic rings. The number of nitrogens with one attached hydrogen (secondary N) is 1. The average molecular weight is 282 g/mol. The fraction of sp³-hybridized carbons (Fsp3) is 0.938. The number of carboxylic acids is 1. The molecule has 4 nitrogen and oxygen atoms in total. The molecule has 0 aliphatic heterocycles. The van der Waals surface area contributed by atoms with Gasteiger partial charge in [0, 0.05) is 18.1 Å². The molecule has 0 aromatic heterocycles. The molecule has 0 bridgehead atoms. The first-order valence-electron chi connectivity index (χ1n) is 8.25. The summed E-state index contributed by atoms with van der Waals surface area (Å²) in [5.41, 5.74) is -0.676. The second-order valence-electron chi connectivity index (χ2n) is 6.89. The Morgan fingerprint density at radius 3 is 2.60 bits per heavy atom. The van der Waals surface area contributed by atoms with E-state index in [-0.39, 0.29) is 0 Å². The Labute approximate surface area is 122 Å². The molecule has 4 heteroatoms. The zero-order chi connectivity index (χ0) is 14.8. The smallest absolute Gasteiger partial charge is 0.323 e. The topological polar surface area (TPSA) is 52.6 Å². The summed E-state index contributed by atoms with van der Waals surface area (Å²) >= 11 is 0. The molecule has 2 rings (SSSR count). The van der Waals surface area contributed by atoms with Gasteiger partial charge in [-0.2, -0.15) is 0 Å². The normalized spacial score (nSPS) is 30.9. The summed E-state index contributed by atoms with van der Waals surface area (Å²) in [4.78, 5) is 14.4. The highest BCUT2D eigenvalue weighted by Crippen LogP contribution is 2.35. The van der Waals surface area contributed by atoms with E-state index in [1.807, 2.05) is 0 Å². The van der Waals surface area contributed by atoms with Crippen LogP contribution in [0, 0.1) is 0 Å². The van der Waals surface area contributed by atoms with Gasteiger partial charge in [0.2, 0.25) is 0 Å². The van der Waals surface area contributed by atoms with Gasteiger partial charge < -0.3 is 5.11 Å². The molecule has 2 fully saturated rings. The molecule has 116 valence electrons. The predicted molar refractivity (Wildman–Crippen MR) is 80.9 cm³/mol. The van der Waals surface area contributed by atoms with Crippen molar-refractivity contribution >= 4 is 5.97 Å². The molecule has 2 aliphatic carbocycles. The van der Waals surface area contributed by atoms with Crippen molar-refractivity contribution < 1.29 is 9.90 Å². The number of nitrogens with zero attached hydrogens (tertiary/aromatic N) is 1. The fourth-order valence-electron chi connectivity index (χ4n) is 3.65. The molecule has 0 amide bonds. The van der Waals surface area contributed by atoms with Crippen molar-refractivity contribution in [2.75, 3.05) is 6.54 Å². The van der Waals surface area contributed by atoms with Crippen molar-refractivity contribution in [1.29, 1.82) is 0 Å². The summed E-state index contributed by atoms with van der Waals surface area (Å²) in [5.74, 6) is -0.644. The summed E-state index contributed by atoms with van der Waals surface area (Å²) < 4.78 is 0. The van der Waals surface area contributed by atoms with Crippen LogP contribution in [0.3, 0.4) is 0 Å². The Hall–Kier alpha value is -0.610. The number of rotatable bonds is 7. The number of carbonyl (C=O) groups is 1. The van der Waals surface area contributed by atoms with E-state index in [0.717, 1.165) is 51.5 Å². The van der Waals surface area contributed by atoms with Crippen molar-refractivity contribution in [2.45, 2.75) is 89.4 Å². The molecule has 2 N–H and O–H groups in total. The number of hydrogen-bond acceptors (Lipinski definition) is 3. The van der Waals surface area contributed by atoms with Gasteiger partial charge in [-0.1, -0.05) is 6.92 Å². The third kappa shape index (κ3) is 3.53. The van der Waals surface area contributed by atoms with Gasteiger partial charge in [-0.15, -0.1) is 0 Å². The number of hydrogen-bond donors (Lipinski definition) is 2. The summed E-state index contributed by atoms with van der Waals surface area (Å²) in [6.07, 6.45) is 7.11. The molecule has 0 heterocycles. The van der Waals surface area contributed by atoms with Crippen LogP contribution in [0.15, 0.2) is 0 Å². The Kier molecular flexibility index (Phi) is 5.08. The minimum Gasteiger partial charge on any atom is -0.480 e. The average Bonchev–Trinajstić information content (AvgIpc) is 3.19. The van der Waals surface area contributed by atoms with E-state index < -0.39 is 11.5 Å². The Morgan fingerprint density at radius 2 is 2.10 bits per heavy atom. The third-order valence-electron chi connectivity index (χ3n) is 4.81. The molecule has 0 aromatic carbocycles. The number of carboxylic acid groups (broad SMARTS) is 1. The van der Waals surface area contributed by atoms with Crippen LogP contribution in [-0.4, -0.2) is 46.2 Å². The van der Waals surface area contributed by atoms with Gasteiger partial charge >= 0.3 is 5.97 Å². The van der Waals surface area contributed by atoms with E-state index in [4.69, 9.17) is 0 Å². The summed E-state index contributed by atoms with van der Waals surface area (Å²) in [6.45, 7) is 7.72. The van der Waals surface area contributed by atoms with Gasteiger partial charge in [-0.3, -0.25) is 15.0 Å². The van der Waals surface area contributed by atoms with Crippen molar-refractivity contribution in [3.8, 4) is 0 Å². The fourth-order valence-corrected chi connectivity index (χ4v) is 3.65. The van der Waals surface area contributed by atoms with Crippen LogP contribution in [0.2, 0.25) is 0 Å². The Balaban J connectivity index is 2.09. The van der Waals surface area contributed by atoms with E-state index in [9.17, 15) is 9.90 Å². The minimum atomic E-state index is -0.676. The molecule has 2 atom stereocenters. The van der Waals surface area contributed by atoms with Crippen molar-refractivity contribution in [1.82, 2.24) is 10.2 Å². The zero-order valence-electron chi connectivity index (χ0n) is 13.2. The molecule has 2 saturated carbocycles. The second-order valence-corrected chi connectivity index (χ2v) is 6.89. The van der Waals surface area contributed by atoms with Crippen LogP contribution in [0.1, 0.15) is 65.7 Å². The maximum Gasteiger partial charge on any atom is 0.323 e. The summed E-state index contributed by atoms with van der Waals surface area (Å²) in [7, 11) is 0. The lowest BCUT2D eigenvalue weighted by Gasteiger charge is -2.44. The van der Waals surface area contributed by atoms with E-state index in [1.165, 1.54) is 0 Å². The lowest BCUT2D eigenvalue weighted by atomic mass is 9.77. The molecule has 2 unspecified atom stereocenters. The summed E-state index contributed by atoms with van der Waals surface area (Å²) in [5, 5.41) is 13.2. The van der Waals surface area contributed by atoms with Gasteiger partial charge in [0.25, 0.3) is 0 Å². The molecule has 0 radical (unpaired) electrons. The number of aliphatic carboxylic acids is 1. The SMILES string of the molecule is CCCN(C(C)C)C1CCCC(NC2CC2)(C(=O)O)C1. The largest absolute Gasteiger partial charge is 0.480 e. The highest BCUT2D eigenvalue weighted by Gasteiger charge is 2.47. The first kappa shape index (κ1) is 15.8. The predicted octanol–water partition coefficient (Wildman–Crippen LogP) is 2.62. The lowest BCUT2D eigenvalue weighted by Crippen LogP contribution is -2.59. The maximum atomic E-state index is 11.9. The second kappa shape index (κ2) is 6.44. The van der Waals surface area contributed by atoms with Crippen molar-refractivity contribution in [3.05, 3.63) is 0 Å². The van der Waals surface area contributed by atoms with Crippen LogP contribution >= 0.6 is 0 Å². The van der Waals surface area contributed by atoms with Crippen molar-refractivity contribution in [2.24, 2.45) is 0 Å². The highest BCUT2D eigenvalue weighted by molar-refractivity contribution is 5.79. The van der Waals surface area contributed by atoms with E-state index in [1.54, 1.807) is 0 Å². The first-order valence-corrected chi connectivity index (χ1v) is 8.25. The molecular weight excluding hydrogens is 252 g/mol. The van der Waals surface area contributed by atoms with E-state index in [0.29, 0.717) is 18.1 Å². The van der Waals surface area contributed by atoms with Gasteiger partial charge in [0.1, 0.15) is 5.54 Å². The van der Waals surface area contributed by atoms with Gasteiger partial charge in [-0.05, 0) is 65.3 Å². The zero-order valence-corrected chi connectivity index (χ0v) is 13.2. The Bertz CT molecular complexity index is 341. The first-order chi connectivity index (χ1) is 9.48. The van der Waals surface area contributed by atoms with Crippen molar-refractivity contribution in [3.63, 3.8) is 0 Å². The molecule has 2 aliphatic rings. The van der Waals surface area contributed by atoms with Crippen LogP contribution in [-0.2, 0) is 4.79 Å². The van der Waals surface area contributed by atoms with Gasteiger partial charge in [0.15, 0.2) is 0 Å².